The van der Waals surface area contributed by atoms with Crippen LogP contribution in [0.2, 0.25) is 10.0 Å². The van der Waals surface area contributed by atoms with E-state index in [-0.39, 0.29) is 11.3 Å². The lowest BCUT2D eigenvalue weighted by molar-refractivity contribution is 0.0954. The van der Waals surface area contributed by atoms with E-state index in [9.17, 15) is 15.0 Å². The monoisotopic (exact) mass is 354 g/mol. The van der Waals surface area contributed by atoms with Crippen molar-refractivity contribution in [2.45, 2.75) is 0 Å². The summed E-state index contributed by atoms with van der Waals surface area (Å²) < 4.78 is 4.86. The molecule has 0 radical (unpaired) electrons. The zero-order valence-electron chi connectivity index (χ0n) is 11.9. The fourth-order valence-electron chi connectivity index (χ4n) is 1.71. The standard InChI is InChI=1S/C15H12Cl2N2O4/c1-23-13-5-9(4-12(20)14(13)21)15(22)19-18-7-8-2-3-10(16)6-11(8)17/h2-7,20-21H,1H3,(H,19,22). The molecule has 0 aliphatic carbocycles. The summed E-state index contributed by atoms with van der Waals surface area (Å²) in [6.07, 6.45) is 1.36. The summed E-state index contributed by atoms with van der Waals surface area (Å²) in [7, 11) is 1.30. The van der Waals surface area contributed by atoms with E-state index in [0.717, 1.165) is 6.07 Å². The number of rotatable bonds is 4. The Morgan fingerprint density at radius 3 is 2.65 bits per heavy atom. The van der Waals surface area contributed by atoms with E-state index < -0.39 is 17.4 Å². The fourth-order valence-corrected chi connectivity index (χ4v) is 2.17. The van der Waals surface area contributed by atoms with Gasteiger partial charge in [-0.3, -0.25) is 4.79 Å². The van der Waals surface area contributed by atoms with Gasteiger partial charge in [0, 0.05) is 16.1 Å². The predicted molar refractivity (Wildman–Crippen MR) is 87.8 cm³/mol. The second kappa shape index (κ2) is 7.21. The molecular formula is C15H12Cl2N2O4. The van der Waals surface area contributed by atoms with Crippen molar-refractivity contribution in [3.8, 4) is 17.2 Å². The third kappa shape index (κ3) is 4.06. The zero-order chi connectivity index (χ0) is 17.0. The SMILES string of the molecule is COc1cc(C(=O)NN=Cc2ccc(Cl)cc2Cl)cc(O)c1O. The molecule has 0 saturated heterocycles. The van der Waals surface area contributed by atoms with Crippen LogP contribution in [0, 0.1) is 0 Å². The van der Waals surface area contributed by atoms with Crippen LogP contribution >= 0.6 is 23.2 Å². The van der Waals surface area contributed by atoms with E-state index in [4.69, 9.17) is 27.9 Å². The van der Waals surface area contributed by atoms with Gasteiger partial charge in [-0.15, -0.1) is 0 Å². The van der Waals surface area contributed by atoms with Gasteiger partial charge in [-0.1, -0.05) is 29.3 Å². The molecule has 8 heteroatoms. The van der Waals surface area contributed by atoms with Crippen molar-refractivity contribution in [1.82, 2.24) is 5.43 Å². The van der Waals surface area contributed by atoms with Gasteiger partial charge in [-0.2, -0.15) is 5.10 Å². The number of aromatic hydroxyl groups is 2. The first-order valence-electron chi connectivity index (χ1n) is 6.30. The topological polar surface area (TPSA) is 91.2 Å². The second-order valence-electron chi connectivity index (χ2n) is 4.41. The van der Waals surface area contributed by atoms with Gasteiger partial charge in [-0.05, 0) is 24.3 Å². The number of carbonyl (C=O) groups excluding carboxylic acids is 1. The zero-order valence-corrected chi connectivity index (χ0v) is 13.4. The minimum Gasteiger partial charge on any atom is -0.504 e. The Kier molecular flexibility index (Phi) is 5.31. The number of methoxy groups -OCH3 is 1. The molecule has 0 bridgehead atoms. The average molecular weight is 355 g/mol. The van der Waals surface area contributed by atoms with Gasteiger partial charge in [0.25, 0.3) is 5.91 Å². The normalized spacial score (nSPS) is 10.7. The van der Waals surface area contributed by atoms with Crippen LogP contribution in [-0.2, 0) is 0 Å². The van der Waals surface area contributed by atoms with Gasteiger partial charge in [0.15, 0.2) is 11.5 Å². The third-order valence-corrected chi connectivity index (χ3v) is 3.43. The number of amides is 1. The lowest BCUT2D eigenvalue weighted by Gasteiger charge is -2.07. The van der Waals surface area contributed by atoms with Crippen LogP contribution in [0.3, 0.4) is 0 Å². The fraction of sp³-hybridized carbons (Fsp3) is 0.0667. The molecule has 0 heterocycles. The molecule has 0 unspecified atom stereocenters. The number of halogens is 2. The van der Waals surface area contributed by atoms with Crippen molar-refractivity contribution in [2.24, 2.45) is 5.10 Å². The highest BCUT2D eigenvalue weighted by Crippen LogP contribution is 2.36. The molecule has 2 aromatic carbocycles. The van der Waals surface area contributed by atoms with Gasteiger partial charge in [0.1, 0.15) is 0 Å². The maximum absolute atomic E-state index is 12.0. The van der Waals surface area contributed by atoms with E-state index in [0.29, 0.717) is 15.6 Å². The Hall–Kier alpha value is -2.44. The molecule has 2 aromatic rings. The van der Waals surface area contributed by atoms with Gasteiger partial charge >= 0.3 is 0 Å². The maximum atomic E-state index is 12.0. The summed E-state index contributed by atoms with van der Waals surface area (Å²) in [5, 5.41) is 23.7. The van der Waals surface area contributed by atoms with Crippen molar-refractivity contribution >= 4 is 35.3 Å². The minimum absolute atomic E-state index is 0.0279. The summed E-state index contributed by atoms with van der Waals surface area (Å²) in [5.74, 6) is -1.54. The smallest absolute Gasteiger partial charge is 0.271 e. The highest BCUT2D eigenvalue weighted by molar-refractivity contribution is 6.36. The Balaban J connectivity index is 2.13. The number of nitrogens with zero attached hydrogens (tertiary/aromatic N) is 1. The first-order chi connectivity index (χ1) is 10.9. The van der Waals surface area contributed by atoms with Crippen LogP contribution in [0.1, 0.15) is 15.9 Å². The van der Waals surface area contributed by atoms with Crippen LogP contribution in [0.5, 0.6) is 17.2 Å². The van der Waals surface area contributed by atoms with Crippen molar-refractivity contribution < 1.29 is 19.7 Å². The van der Waals surface area contributed by atoms with E-state index in [2.05, 4.69) is 10.5 Å². The van der Waals surface area contributed by atoms with Gasteiger partial charge in [-0.25, -0.2) is 5.43 Å². The molecule has 0 spiro atoms. The number of benzene rings is 2. The molecule has 0 atom stereocenters. The van der Waals surface area contributed by atoms with Crippen molar-refractivity contribution in [1.29, 1.82) is 0 Å². The Labute approximate surface area is 141 Å². The van der Waals surface area contributed by atoms with Crippen LogP contribution in [-0.4, -0.2) is 29.4 Å². The van der Waals surface area contributed by atoms with Gasteiger partial charge < -0.3 is 14.9 Å². The van der Waals surface area contributed by atoms with Crippen LogP contribution < -0.4 is 10.2 Å². The molecule has 120 valence electrons. The van der Waals surface area contributed by atoms with E-state index >= 15 is 0 Å². The first kappa shape index (κ1) is 16.9. The summed E-state index contributed by atoms with van der Waals surface area (Å²) in [4.78, 5) is 12.0. The molecule has 0 saturated carbocycles. The molecular weight excluding hydrogens is 343 g/mol. The Morgan fingerprint density at radius 1 is 1.26 bits per heavy atom. The number of hydrogen-bond donors (Lipinski definition) is 3. The van der Waals surface area contributed by atoms with Crippen LogP contribution in [0.4, 0.5) is 0 Å². The highest BCUT2D eigenvalue weighted by Gasteiger charge is 2.14. The number of hydrogen-bond acceptors (Lipinski definition) is 5. The molecule has 0 aliphatic heterocycles. The number of nitrogens with one attached hydrogen (secondary N) is 1. The summed E-state index contributed by atoms with van der Waals surface area (Å²) in [5.41, 5.74) is 2.92. The Bertz CT molecular complexity index is 778. The van der Waals surface area contributed by atoms with Gasteiger partial charge in [0.05, 0.1) is 18.3 Å². The lowest BCUT2D eigenvalue weighted by atomic mass is 10.1. The molecule has 1 amide bonds. The molecule has 3 N–H and O–H groups in total. The lowest BCUT2D eigenvalue weighted by Crippen LogP contribution is -2.17. The number of carbonyl (C=O) groups is 1. The van der Waals surface area contributed by atoms with Crippen molar-refractivity contribution in [3.63, 3.8) is 0 Å². The minimum atomic E-state index is -0.597. The largest absolute Gasteiger partial charge is 0.504 e. The molecule has 2 rings (SSSR count). The first-order valence-corrected chi connectivity index (χ1v) is 7.06. The van der Waals surface area contributed by atoms with E-state index in [1.165, 1.54) is 19.4 Å². The Morgan fingerprint density at radius 2 is 2.00 bits per heavy atom. The van der Waals surface area contributed by atoms with Crippen LogP contribution in [0.25, 0.3) is 0 Å². The quantitative estimate of drug-likeness (QED) is 0.446. The number of ether oxygens (including phenoxy) is 1. The summed E-state index contributed by atoms with van der Waals surface area (Å²) >= 11 is 11.8. The molecule has 0 fully saturated rings. The van der Waals surface area contributed by atoms with Crippen LogP contribution in [0.15, 0.2) is 35.4 Å². The number of phenols is 2. The van der Waals surface area contributed by atoms with Crippen molar-refractivity contribution in [3.05, 3.63) is 51.5 Å². The summed E-state index contributed by atoms with van der Waals surface area (Å²) in [6.45, 7) is 0. The maximum Gasteiger partial charge on any atom is 0.271 e. The number of hydrazone groups is 1. The molecule has 23 heavy (non-hydrogen) atoms. The molecule has 0 aliphatic rings. The summed E-state index contributed by atoms with van der Waals surface area (Å²) in [6, 6.07) is 7.21. The highest BCUT2D eigenvalue weighted by atomic mass is 35.5. The third-order valence-electron chi connectivity index (χ3n) is 2.87. The van der Waals surface area contributed by atoms with Gasteiger partial charge in [0.2, 0.25) is 5.75 Å². The second-order valence-corrected chi connectivity index (χ2v) is 5.25. The number of phenolic OH excluding ortho intramolecular Hbond substituents is 2. The van der Waals surface area contributed by atoms with Crippen molar-refractivity contribution in [2.75, 3.05) is 7.11 Å². The van der Waals surface area contributed by atoms with E-state index in [1.807, 2.05) is 0 Å². The molecule has 6 nitrogen and oxygen atoms in total. The van der Waals surface area contributed by atoms with E-state index in [1.54, 1.807) is 18.2 Å². The predicted octanol–water partition coefficient (Wildman–Crippen LogP) is 3.18. The average Bonchev–Trinajstić information content (AvgIpc) is 2.51. The molecule has 0 aromatic heterocycles.